The van der Waals surface area contributed by atoms with Gasteiger partial charge in [-0.05, 0) is 25.0 Å². The standard InChI is InChI=1S/C15H20ClN3/c1-19-13-7-3-2-6-12(13)18-14(19)17-11-15(10-16)8-4-5-9-15/h2-3,6-7H,4-5,8-11H2,1H3,(H,17,18). The zero-order valence-electron chi connectivity index (χ0n) is 11.3. The first-order valence-corrected chi connectivity index (χ1v) is 7.49. The fraction of sp³-hybridized carbons (Fsp3) is 0.533. The zero-order chi connectivity index (χ0) is 13.3. The highest BCUT2D eigenvalue weighted by Crippen LogP contribution is 2.39. The quantitative estimate of drug-likeness (QED) is 0.862. The first-order chi connectivity index (χ1) is 9.24. The summed E-state index contributed by atoms with van der Waals surface area (Å²) in [7, 11) is 2.06. The van der Waals surface area contributed by atoms with Crippen molar-refractivity contribution in [3.63, 3.8) is 0 Å². The lowest BCUT2D eigenvalue weighted by molar-refractivity contribution is 0.367. The van der Waals surface area contributed by atoms with E-state index in [2.05, 4.69) is 28.0 Å². The largest absolute Gasteiger partial charge is 0.355 e. The molecule has 1 saturated carbocycles. The fourth-order valence-electron chi connectivity index (χ4n) is 3.05. The topological polar surface area (TPSA) is 29.9 Å². The number of aromatic nitrogens is 2. The summed E-state index contributed by atoms with van der Waals surface area (Å²) in [5.41, 5.74) is 2.47. The Bertz CT molecular complexity index is 570. The number of hydrogen-bond donors (Lipinski definition) is 1. The Morgan fingerprint density at radius 2 is 2.05 bits per heavy atom. The molecule has 0 atom stereocenters. The number of anilines is 1. The number of nitrogens with zero attached hydrogens (tertiary/aromatic N) is 2. The summed E-state index contributed by atoms with van der Waals surface area (Å²) in [5.74, 6) is 1.68. The molecule has 4 heteroatoms. The Kier molecular flexibility index (Phi) is 3.40. The van der Waals surface area contributed by atoms with E-state index in [9.17, 15) is 0 Å². The van der Waals surface area contributed by atoms with Crippen molar-refractivity contribution >= 4 is 28.6 Å². The second-order valence-electron chi connectivity index (χ2n) is 5.68. The molecular weight excluding hydrogens is 258 g/mol. The molecule has 1 aliphatic carbocycles. The highest BCUT2D eigenvalue weighted by Gasteiger charge is 2.33. The Hall–Kier alpha value is -1.22. The number of nitrogens with one attached hydrogen (secondary N) is 1. The summed E-state index contributed by atoms with van der Waals surface area (Å²) >= 11 is 6.18. The summed E-state index contributed by atoms with van der Waals surface area (Å²) in [6, 6.07) is 8.22. The third-order valence-electron chi connectivity index (χ3n) is 4.36. The molecule has 3 nitrogen and oxygen atoms in total. The van der Waals surface area contributed by atoms with Crippen molar-refractivity contribution < 1.29 is 0 Å². The van der Waals surface area contributed by atoms with Crippen LogP contribution in [0.3, 0.4) is 0 Å². The maximum atomic E-state index is 6.18. The van der Waals surface area contributed by atoms with Crippen molar-refractivity contribution in [1.82, 2.24) is 9.55 Å². The van der Waals surface area contributed by atoms with Crippen LogP contribution in [0.4, 0.5) is 5.95 Å². The molecular formula is C15H20ClN3. The van der Waals surface area contributed by atoms with Crippen LogP contribution in [0, 0.1) is 5.41 Å². The lowest BCUT2D eigenvalue weighted by atomic mass is 9.89. The molecule has 2 aromatic rings. The first kappa shape index (κ1) is 12.8. The molecule has 19 heavy (non-hydrogen) atoms. The second kappa shape index (κ2) is 5.04. The van der Waals surface area contributed by atoms with E-state index < -0.39 is 0 Å². The van der Waals surface area contributed by atoms with Crippen molar-refractivity contribution in [1.29, 1.82) is 0 Å². The summed E-state index contributed by atoms with van der Waals surface area (Å²) in [5, 5.41) is 3.50. The highest BCUT2D eigenvalue weighted by molar-refractivity contribution is 6.18. The summed E-state index contributed by atoms with van der Waals surface area (Å²) in [4.78, 5) is 4.65. The average molecular weight is 278 g/mol. The van der Waals surface area contributed by atoms with E-state index in [1.165, 1.54) is 25.7 Å². The van der Waals surface area contributed by atoms with Gasteiger partial charge in [-0.1, -0.05) is 25.0 Å². The van der Waals surface area contributed by atoms with Gasteiger partial charge in [0, 0.05) is 24.9 Å². The van der Waals surface area contributed by atoms with Crippen LogP contribution in [-0.2, 0) is 7.05 Å². The summed E-state index contributed by atoms with van der Waals surface area (Å²) in [6.45, 7) is 0.924. The minimum atomic E-state index is 0.264. The fourth-order valence-corrected chi connectivity index (χ4v) is 3.41. The number of para-hydroxylation sites is 2. The maximum Gasteiger partial charge on any atom is 0.203 e. The van der Waals surface area contributed by atoms with Crippen LogP contribution in [0.5, 0.6) is 0 Å². The van der Waals surface area contributed by atoms with Gasteiger partial charge in [0.1, 0.15) is 0 Å². The van der Waals surface area contributed by atoms with Gasteiger partial charge in [-0.3, -0.25) is 0 Å². The van der Waals surface area contributed by atoms with Gasteiger partial charge in [-0.2, -0.15) is 0 Å². The summed E-state index contributed by atoms with van der Waals surface area (Å²) in [6.07, 6.45) is 5.06. The molecule has 1 heterocycles. The number of hydrogen-bond acceptors (Lipinski definition) is 2. The Balaban J connectivity index is 1.80. The van der Waals surface area contributed by atoms with Crippen LogP contribution in [0.15, 0.2) is 24.3 Å². The van der Waals surface area contributed by atoms with Crippen LogP contribution in [0.2, 0.25) is 0 Å². The number of rotatable bonds is 4. The average Bonchev–Trinajstić information content (AvgIpc) is 3.03. The van der Waals surface area contributed by atoms with Crippen molar-refractivity contribution in [2.45, 2.75) is 25.7 Å². The molecule has 1 N–H and O–H groups in total. The van der Waals surface area contributed by atoms with E-state index in [4.69, 9.17) is 11.6 Å². The van der Waals surface area contributed by atoms with Crippen molar-refractivity contribution in [3.05, 3.63) is 24.3 Å². The Morgan fingerprint density at radius 1 is 1.32 bits per heavy atom. The molecule has 0 bridgehead atoms. The van der Waals surface area contributed by atoms with Gasteiger partial charge in [0.05, 0.1) is 11.0 Å². The van der Waals surface area contributed by atoms with Crippen molar-refractivity contribution in [2.75, 3.05) is 17.7 Å². The molecule has 3 rings (SSSR count). The van der Waals surface area contributed by atoms with Gasteiger partial charge in [-0.15, -0.1) is 11.6 Å². The van der Waals surface area contributed by atoms with Crippen LogP contribution >= 0.6 is 11.6 Å². The van der Waals surface area contributed by atoms with E-state index in [1.807, 2.05) is 18.2 Å². The van der Waals surface area contributed by atoms with Crippen LogP contribution in [0.1, 0.15) is 25.7 Å². The maximum absolute atomic E-state index is 6.18. The predicted octanol–water partition coefficient (Wildman–Crippen LogP) is 3.78. The molecule has 0 radical (unpaired) electrons. The number of benzene rings is 1. The van der Waals surface area contributed by atoms with Gasteiger partial charge in [0.25, 0.3) is 0 Å². The number of imidazole rings is 1. The SMILES string of the molecule is Cn1c(NCC2(CCl)CCCC2)nc2ccccc21. The van der Waals surface area contributed by atoms with E-state index in [-0.39, 0.29) is 5.41 Å². The molecule has 0 amide bonds. The molecule has 1 aromatic heterocycles. The first-order valence-electron chi connectivity index (χ1n) is 6.95. The molecule has 1 fully saturated rings. The lowest BCUT2D eigenvalue weighted by Gasteiger charge is -2.26. The molecule has 0 spiro atoms. The Morgan fingerprint density at radius 3 is 2.74 bits per heavy atom. The molecule has 0 aliphatic heterocycles. The third kappa shape index (κ3) is 2.32. The number of aryl methyl sites for hydroxylation is 1. The van der Waals surface area contributed by atoms with Crippen LogP contribution < -0.4 is 5.32 Å². The molecule has 0 unspecified atom stereocenters. The minimum Gasteiger partial charge on any atom is -0.355 e. The molecule has 1 aromatic carbocycles. The van der Waals surface area contributed by atoms with E-state index in [0.717, 1.165) is 29.4 Å². The lowest BCUT2D eigenvalue weighted by Crippen LogP contribution is -2.29. The van der Waals surface area contributed by atoms with Gasteiger partial charge >= 0.3 is 0 Å². The predicted molar refractivity (Wildman–Crippen MR) is 80.8 cm³/mol. The zero-order valence-corrected chi connectivity index (χ0v) is 12.1. The van der Waals surface area contributed by atoms with Gasteiger partial charge < -0.3 is 9.88 Å². The highest BCUT2D eigenvalue weighted by atomic mass is 35.5. The molecule has 0 saturated heterocycles. The van der Waals surface area contributed by atoms with Gasteiger partial charge in [0.2, 0.25) is 5.95 Å². The van der Waals surface area contributed by atoms with E-state index >= 15 is 0 Å². The normalized spacial score (nSPS) is 18.0. The molecule has 1 aliphatic rings. The third-order valence-corrected chi connectivity index (χ3v) is 4.92. The monoisotopic (exact) mass is 277 g/mol. The van der Waals surface area contributed by atoms with Gasteiger partial charge in [-0.25, -0.2) is 4.98 Å². The number of alkyl halides is 1. The van der Waals surface area contributed by atoms with Gasteiger partial charge in [0.15, 0.2) is 0 Å². The van der Waals surface area contributed by atoms with E-state index in [1.54, 1.807) is 0 Å². The number of halogens is 1. The Labute approximate surface area is 119 Å². The molecule has 102 valence electrons. The number of fused-ring (bicyclic) bond motifs is 1. The second-order valence-corrected chi connectivity index (χ2v) is 5.94. The van der Waals surface area contributed by atoms with E-state index in [0.29, 0.717) is 0 Å². The minimum absolute atomic E-state index is 0.264. The smallest absolute Gasteiger partial charge is 0.203 e. The van der Waals surface area contributed by atoms with Crippen LogP contribution in [0.25, 0.3) is 11.0 Å². The summed E-state index contributed by atoms with van der Waals surface area (Å²) < 4.78 is 2.12. The van der Waals surface area contributed by atoms with Crippen LogP contribution in [-0.4, -0.2) is 22.0 Å². The van der Waals surface area contributed by atoms with Crippen molar-refractivity contribution in [2.24, 2.45) is 12.5 Å². The van der Waals surface area contributed by atoms with Crippen molar-refractivity contribution in [3.8, 4) is 0 Å².